The fourth-order valence-electron chi connectivity index (χ4n) is 2.23. The fraction of sp³-hybridized carbons (Fsp3) is 0.538. The van der Waals surface area contributed by atoms with Crippen LogP contribution < -0.4 is 11.5 Å². The number of nitrogens with two attached hydrogens (primary N) is 2. The SMILES string of the molecule is Cc1c(N)c(CC2CC2)cc(N)c1CS(C)(=O)=O. The van der Waals surface area contributed by atoms with Crippen LogP contribution in [0.2, 0.25) is 0 Å². The van der Waals surface area contributed by atoms with Crippen LogP contribution in [-0.2, 0) is 22.0 Å². The zero-order chi connectivity index (χ0) is 13.5. The molecule has 18 heavy (non-hydrogen) atoms. The molecule has 0 spiro atoms. The van der Waals surface area contributed by atoms with E-state index in [0.29, 0.717) is 16.9 Å². The van der Waals surface area contributed by atoms with Crippen molar-refractivity contribution >= 4 is 21.2 Å². The minimum absolute atomic E-state index is 0.0431. The normalized spacial score (nSPS) is 15.9. The maximum Gasteiger partial charge on any atom is 0.151 e. The maximum absolute atomic E-state index is 11.4. The largest absolute Gasteiger partial charge is 0.398 e. The van der Waals surface area contributed by atoms with Crippen molar-refractivity contribution in [2.75, 3.05) is 17.7 Å². The molecule has 0 atom stereocenters. The molecule has 1 aromatic rings. The monoisotopic (exact) mass is 268 g/mol. The van der Waals surface area contributed by atoms with E-state index in [-0.39, 0.29) is 5.75 Å². The number of hydrogen-bond acceptors (Lipinski definition) is 4. The number of anilines is 2. The molecule has 2 rings (SSSR count). The third-order valence-electron chi connectivity index (χ3n) is 3.49. The number of nitrogen functional groups attached to an aromatic ring is 2. The highest BCUT2D eigenvalue weighted by Crippen LogP contribution is 2.37. The molecule has 0 amide bonds. The predicted octanol–water partition coefficient (Wildman–Crippen LogP) is 1.66. The molecule has 0 aliphatic heterocycles. The van der Waals surface area contributed by atoms with E-state index in [1.165, 1.54) is 19.1 Å². The topological polar surface area (TPSA) is 86.2 Å². The standard InChI is InChI=1S/C13H20N2O2S/c1-8-11(7-18(2,16)17)12(14)6-10(13(8)15)5-9-3-4-9/h6,9H,3-5,7,14-15H2,1-2H3. The summed E-state index contributed by atoms with van der Waals surface area (Å²) in [5, 5.41) is 0. The first-order chi connectivity index (χ1) is 8.28. The van der Waals surface area contributed by atoms with Crippen LogP contribution in [0.3, 0.4) is 0 Å². The van der Waals surface area contributed by atoms with E-state index in [1.54, 1.807) is 0 Å². The van der Waals surface area contributed by atoms with Gasteiger partial charge in [-0.2, -0.15) is 0 Å². The highest BCUT2D eigenvalue weighted by Gasteiger charge is 2.24. The molecule has 0 unspecified atom stereocenters. The summed E-state index contributed by atoms with van der Waals surface area (Å²) in [6.45, 7) is 1.85. The molecule has 4 nitrogen and oxygen atoms in total. The lowest BCUT2D eigenvalue weighted by Gasteiger charge is -2.15. The van der Waals surface area contributed by atoms with Crippen LogP contribution >= 0.6 is 0 Å². The molecule has 5 heteroatoms. The van der Waals surface area contributed by atoms with Gasteiger partial charge < -0.3 is 11.5 Å². The molecule has 0 aromatic heterocycles. The lowest BCUT2D eigenvalue weighted by atomic mass is 9.98. The molecule has 4 N–H and O–H groups in total. The van der Waals surface area contributed by atoms with Crippen LogP contribution in [0.4, 0.5) is 11.4 Å². The summed E-state index contributed by atoms with van der Waals surface area (Å²) in [4.78, 5) is 0. The lowest BCUT2D eigenvalue weighted by Crippen LogP contribution is -2.10. The predicted molar refractivity (Wildman–Crippen MR) is 75.0 cm³/mol. The summed E-state index contributed by atoms with van der Waals surface area (Å²) in [6, 6.07) is 1.85. The van der Waals surface area contributed by atoms with Crippen molar-refractivity contribution in [3.63, 3.8) is 0 Å². The molecule has 100 valence electrons. The van der Waals surface area contributed by atoms with Crippen LogP contribution in [-0.4, -0.2) is 14.7 Å². The minimum atomic E-state index is -3.10. The third kappa shape index (κ3) is 2.96. The van der Waals surface area contributed by atoms with Crippen LogP contribution in [0.5, 0.6) is 0 Å². The molecule has 0 saturated heterocycles. The van der Waals surface area contributed by atoms with Crippen LogP contribution in [0.1, 0.15) is 29.5 Å². The summed E-state index contributed by atoms with van der Waals surface area (Å²) < 4.78 is 22.8. The first kappa shape index (κ1) is 13.2. The maximum atomic E-state index is 11.4. The second kappa shape index (κ2) is 4.46. The molecule has 1 aliphatic carbocycles. The highest BCUT2D eigenvalue weighted by molar-refractivity contribution is 7.89. The van der Waals surface area contributed by atoms with Crippen molar-refractivity contribution in [3.05, 3.63) is 22.8 Å². The van der Waals surface area contributed by atoms with E-state index in [9.17, 15) is 8.42 Å². The first-order valence-electron chi connectivity index (χ1n) is 6.12. The van der Waals surface area contributed by atoms with Gasteiger partial charge in [0.2, 0.25) is 0 Å². The summed E-state index contributed by atoms with van der Waals surface area (Å²) >= 11 is 0. The third-order valence-corrected chi connectivity index (χ3v) is 4.31. The van der Waals surface area contributed by atoms with E-state index in [4.69, 9.17) is 11.5 Å². The van der Waals surface area contributed by atoms with E-state index < -0.39 is 9.84 Å². The van der Waals surface area contributed by atoms with Gasteiger partial charge >= 0.3 is 0 Å². The van der Waals surface area contributed by atoms with Gasteiger partial charge in [0.1, 0.15) is 0 Å². The second-order valence-corrected chi connectivity index (χ2v) is 7.50. The summed E-state index contributed by atoms with van der Waals surface area (Å²) in [5.41, 5.74) is 15.8. The molecule has 0 heterocycles. The Hall–Kier alpha value is -1.23. The van der Waals surface area contributed by atoms with Crippen molar-refractivity contribution in [1.29, 1.82) is 0 Å². The van der Waals surface area contributed by atoms with Crippen LogP contribution in [0.15, 0.2) is 6.07 Å². The Morgan fingerprint density at radius 3 is 2.44 bits per heavy atom. The zero-order valence-corrected chi connectivity index (χ0v) is 11.7. The number of hydrogen-bond donors (Lipinski definition) is 2. The number of sulfone groups is 1. The molecule has 1 aromatic carbocycles. The van der Waals surface area contributed by atoms with E-state index >= 15 is 0 Å². The van der Waals surface area contributed by atoms with E-state index in [0.717, 1.165) is 23.5 Å². The molecule has 1 aliphatic rings. The lowest BCUT2D eigenvalue weighted by molar-refractivity contribution is 0.601. The smallest absolute Gasteiger partial charge is 0.151 e. The average molecular weight is 268 g/mol. The van der Waals surface area contributed by atoms with Gasteiger partial charge in [0.15, 0.2) is 9.84 Å². The molecular formula is C13H20N2O2S. The van der Waals surface area contributed by atoms with Gasteiger partial charge in [-0.1, -0.05) is 0 Å². The highest BCUT2D eigenvalue weighted by atomic mass is 32.2. The van der Waals surface area contributed by atoms with Crippen molar-refractivity contribution < 1.29 is 8.42 Å². The zero-order valence-electron chi connectivity index (χ0n) is 10.9. The minimum Gasteiger partial charge on any atom is -0.398 e. The van der Waals surface area contributed by atoms with Gasteiger partial charge in [-0.15, -0.1) is 0 Å². The van der Waals surface area contributed by atoms with Crippen LogP contribution in [0, 0.1) is 12.8 Å². The van der Waals surface area contributed by atoms with Gasteiger partial charge in [-0.3, -0.25) is 0 Å². The average Bonchev–Trinajstić information content (AvgIpc) is 3.03. The quantitative estimate of drug-likeness (QED) is 0.813. The van der Waals surface area contributed by atoms with Gasteiger partial charge in [0.25, 0.3) is 0 Å². The molecule has 0 radical (unpaired) electrons. The second-order valence-electron chi connectivity index (χ2n) is 5.36. The van der Waals surface area contributed by atoms with Crippen molar-refractivity contribution in [2.24, 2.45) is 5.92 Å². The van der Waals surface area contributed by atoms with Gasteiger partial charge in [0, 0.05) is 17.6 Å². The van der Waals surface area contributed by atoms with E-state index in [2.05, 4.69) is 0 Å². The van der Waals surface area contributed by atoms with Crippen molar-refractivity contribution in [1.82, 2.24) is 0 Å². The summed E-state index contributed by atoms with van der Waals surface area (Å²) in [5.74, 6) is 0.685. The summed E-state index contributed by atoms with van der Waals surface area (Å²) in [7, 11) is -3.10. The van der Waals surface area contributed by atoms with E-state index in [1.807, 2.05) is 13.0 Å². The van der Waals surface area contributed by atoms with Crippen LogP contribution in [0.25, 0.3) is 0 Å². The Morgan fingerprint density at radius 1 is 1.33 bits per heavy atom. The Bertz CT molecular complexity index is 575. The summed E-state index contributed by atoms with van der Waals surface area (Å²) in [6.07, 6.45) is 4.67. The number of rotatable bonds is 4. The van der Waals surface area contributed by atoms with Crippen molar-refractivity contribution in [3.8, 4) is 0 Å². The van der Waals surface area contributed by atoms with Crippen molar-refractivity contribution in [2.45, 2.75) is 31.9 Å². The Kier molecular flexibility index (Phi) is 3.27. The molecule has 0 bridgehead atoms. The number of benzene rings is 1. The van der Waals surface area contributed by atoms with Gasteiger partial charge in [0.05, 0.1) is 5.75 Å². The Labute approximate surface area is 108 Å². The van der Waals surface area contributed by atoms with Gasteiger partial charge in [-0.25, -0.2) is 8.42 Å². The molecule has 1 saturated carbocycles. The Balaban J connectivity index is 2.39. The first-order valence-corrected chi connectivity index (χ1v) is 8.18. The fourth-order valence-corrected chi connectivity index (χ4v) is 3.14. The molecule has 1 fully saturated rings. The molecular weight excluding hydrogens is 248 g/mol. The Morgan fingerprint density at radius 2 is 1.94 bits per heavy atom. The van der Waals surface area contributed by atoms with Gasteiger partial charge in [-0.05, 0) is 54.9 Å².